The Hall–Kier alpha value is -0.530. The third kappa shape index (κ3) is 2.84. The molecule has 1 heterocycles. The number of hydrogen-bond acceptors (Lipinski definition) is 3. The number of aromatic nitrogens is 2. The molecule has 0 aliphatic heterocycles. The average Bonchev–Trinajstić information content (AvgIpc) is 2.03. The van der Waals surface area contributed by atoms with E-state index in [0.29, 0.717) is 5.82 Å². The first-order valence-electron chi connectivity index (χ1n) is 3.17. The van der Waals surface area contributed by atoms with Crippen LogP contribution in [0.1, 0.15) is 0 Å². The van der Waals surface area contributed by atoms with E-state index in [1.807, 2.05) is 22.6 Å². The average molecular weight is 285 g/mol. The van der Waals surface area contributed by atoms with Crippen LogP contribution in [-0.2, 0) is 0 Å². The summed E-state index contributed by atoms with van der Waals surface area (Å²) in [5.41, 5.74) is 0. The summed E-state index contributed by atoms with van der Waals surface area (Å²) < 4.78 is 24.2. The smallest absolute Gasteiger partial charge is 0.255 e. The molecule has 0 radical (unpaired) electrons. The maximum Gasteiger partial charge on any atom is 0.255 e. The van der Waals surface area contributed by atoms with Gasteiger partial charge in [0.2, 0.25) is 0 Å². The van der Waals surface area contributed by atoms with E-state index in [1.54, 1.807) is 6.20 Å². The Labute approximate surface area is 81.7 Å². The van der Waals surface area contributed by atoms with Gasteiger partial charge in [-0.3, -0.25) is 0 Å². The molecule has 1 rings (SSSR count). The number of anilines is 1. The Morgan fingerprint density at radius 2 is 2.33 bits per heavy atom. The summed E-state index contributed by atoms with van der Waals surface area (Å²) in [6.45, 7) is -0.382. The number of rotatable bonds is 3. The van der Waals surface area contributed by atoms with Gasteiger partial charge in [0.1, 0.15) is 12.1 Å². The molecular formula is C6H6F2IN3. The molecule has 6 heteroatoms. The monoisotopic (exact) mass is 285 g/mol. The van der Waals surface area contributed by atoms with Gasteiger partial charge in [-0.05, 0) is 22.6 Å². The Balaban J connectivity index is 2.57. The van der Waals surface area contributed by atoms with Crippen molar-refractivity contribution >= 4 is 28.4 Å². The van der Waals surface area contributed by atoms with E-state index < -0.39 is 6.43 Å². The molecule has 0 aromatic carbocycles. The summed E-state index contributed by atoms with van der Waals surface area (Å²) in [5.74, 6) is 0.450. The molecule has 0 aliphatic carbocycles. The van der Waals surface area contributed by atoms with Gasteiger partial charge in [-0.2, -0.15) is 0 Å². The van der Waals surface area contributed by atoms with Crippen molar-refractivity contribution in [1.29, 1.82) is 0 Å². The quantitative estimate of drug-likeness (QED) is 0.860. The van der Waals surface area contributed by atoms with Crippen LogP contribution >= 0.6 is 22.6 Å². The zero-order valence-corrected chi connectivity index (χ0v) is 8.12. The maximum absolute atomic E-state index is 11.7. The molecule has 0 spiro atoms. The lowest BCUT2D eigenvalue weighted by Gasteiger charge is -2.04. The Morgan fingerprint density at radius 3 is 2.92 bits per heavy atom. The van der Waals surface area contributed by atoms with Gasteiger partial charge in [0, 0.05) is 6.20 Å². The molecule has 0 unspecified atom stereocenters. The third-order valence-electron chi connectivity index (χ3n) is 1.09. The zero-order valence-electron chi connectivity index (χ0n) is 5.97. The first-order valence-corrected chi connectivity index (χ1v) is 4.25. The van der Waals surface area contributed by atoms with Crippen molar-refractivity contribution < 1.29 is 8.78 Å². The van der Waals surface area contributed by atoms with Crippen molar-refractivity contribution in [2.24, 2.45) is 0 Å². The highest BCUT2D eigenvalue weighted by molar-refractivity contribution is 14.1. The molecule has 0 atom stereocenters. The number of halogens is 3. The summed E-state index contributed by atoms with van der Waals surface area (Å²) >= 11 is 1.97. The fourth-order valence-electron chi connectivity index (χ4n) is 0.617. The van der Waals surface area contributed by atoms with Crippen LogP contribution in [0.4, 0.5) is 14.6 Å². The predicted molar refractivity (Wildman–Crippen MR) is 49.2 cm³/mol. The van der Waals surface area contributed by atoms with E-state index in [0.717, 1.165) is 3.57 Å². The fraction of sp³-hybridized carbons (Fsp3) is 0.333. The third-order valence-corrected chi connectivity index (χ3v) is 1.88. The molecule has 0 saturated heterocycles. The first-order chi connectivity index (χ1) is 5.70. The highest BCUT2D eigenvalue weighted by Gasteiger charge is 2.04. The Morgan fingerprint density at radius 1 is 1.58 bits per heavy atom. The van der Waals surface area contributed by atoms with Gasteiger partial charge in [-0.1, -0.05) is 0 Å². The molecule has 0 saturated carbocycles. The van der Waals surface area contributed by atoms with Crippen LogP contribution in [0.2, 0.25) is 0 Å². The topological polar surface area (TPSA) is 37.8 Å². The fourth-order valence-corrected chi connectivity index (χ4v) is 1.11. The molecule has 0 bridgehead atoms. The molecule has 0 fully saturated rings. The van der Waals surface area contributed by atoms with Crippen molar-refractivity contribution in [3.63, 3.8) is 0 Å². The van der Waals surface area contributed by atoms with Crippen molar-refractivity contribution in [3.05, 3.63) is 16.1 Å². The van der Waals surface area contributed by atoms with Crippen LogP contribution in [0.25, 0.3) is 0 Å². The summed E-state index contributed by atoms with van der Waals surface area (Å²) in [7, 11) is 0. The first kappa shape index (κ1) is 9.56. The predicted octanol–water partition coefficient (Wildman–Crippen LogP) is 1.76. The number of hydrogen-bond donors (Lipinski definition) is 1. The molecule has 0 aliphatic rings. The summed E-state index contributed by atoms with van der Waals surface area (Å²) in [6.07, 6.45) is 0.507. The van der Waals surface area contributed by atoms with E-state index in [2.05, 4.69) is 15.3 Å². The van der Waals surface area contributed by atoms with Gasteiger partial charge in [-0.15, -0.1) is 0 Å². The van der Waals surface area contributed by atoms with Gasteiger partial charge in [-0.25, -0.2) is 18.7 Å². The van der Waals surface area contributed by atoms with E-state index in [-0.39, 0.29) is 6.54 Å². The van der Waals surface area contributed by atoms with Crippen LogP contribution in [0.15, 0.2) is 12.5 Å². The highest BCUT2D eigenvalue weighted by atomic mass is 127. The van der Waals surface area contributed by atoms with Crippen LogP contribution in [0.3, 0.4) is 0 Å². The summed E-state index contributed by atoms with van der Waals surface area (Å²) in [5, 5.41) is 2.50. The van der Waals surface area contributed by atoms with Crippen molar-refractivity contribution in [2.45, 2.75) is 6.43 Å². The Kier molecular flexibility index (Phi) is 3.57. The van der Waals surface area contributed by atoms with Gasteiger partial charge in [0.25, 0.3) is 6.43 Å². The molecule has 3 nitrogen and oxygen atoms in total. The molecule has 1 aromatic rings. The van der Waals surface area contributed by atoms with Gasteiger partial charge < -0.3 is 5.32 Å². The second-order valence-electron chi connectivity index (χ2n) is 1.99. The lowest BCUT2D eigenvalue weighted by molar-refractivity contribution is 0.163. The highest BCUT2D eigenvalue weighted by Crippen LogP contribution is 2.12. The number of nitrogens with zero attached hydrogens (tertiary/aromatic N) is 2. The van der Waals surface area contributed by atoms with Crippen LogP contribution in [0, 0.1) is 3.57 Å². The normalized spacial score (nSPS) is 10.3. The lowest BCUT2D eigenvalue weighted by Crippen LogP contribution is -2.12. The second-order valence-corrected chi connectivity index (χ2v) is 3.15. The molecular weight excluding hydrogens is 279 g/mol. The van der Waals surface area contributed by atoms with E-state index in [1.165, 1.54) is 6.33 Å². The van der Waals surface area contributed by atoms with Crippen LogP contribution < -0.4 is 5.32 Å². The number of nitrogens with one attached hydrogen (secondary N) is 1. The minimum Gasteiger partial charge on any atom is -0.363 e. The van der Waals surface area contributed by atoms with Crippen LogP contribution in [-0.4, -0.2) is 22.9 Å². The summed E-state index contributed by atoms with van der Waals surface area (Å²) in [4.78, 5) is 7.51. The van der Waals surface area contributed by atoms with Crippen molar-refractivity contribution in [3.8, 4) is 0 Å². The number of alkyl halides is 2. The Bertz CT molecular complexity index is 256. The minimum atomic E-state index is -2.37. The van der Waals surface area contributed by atoms with E-state index in [9.17, 15) is 8.78 Å². The van der Waals surface area contributed by atoms with E-state index >= 15 is 0 Å². The molecule has 1 aromatic heterocycles. The largest absolute Gasteiger partial charge is 0.363 e. The van der Waals surface area contributed by atoms with Crippen molar-refractivity contribution in [2.75, 3.05) is 11.9 Å². The van der Waals surface area contributed by atoms with Gasteiger partial charge in [0.15, 0.2) is 0 Å². The summed E-state index contributed by atoms with van der Waals surface area (Å²) in [6, 6.07) is 0. The molecule has 66 valence electrons. The van der Waals surface area contributed by atoms with Gasteiger partial charge >= 0.3 is 0 Å². The lowest BCUT2D eigenvalue weighted by atomic mass is 10.5. The SMILES string of the molecule is FC(F)CNc1ncncc1I. The molecule has 1 N–H and O–H groups in total. The zero-order chi connectivity index (χ0) is 8.97. The van der Waals surface area contributed by atoms with E-state index in [4.69, 9.17) is 0 Å². The molecule has 12 heavy (non-hydrogen) atoms. The van der Waals surface area contributed by atoms with Crippen LogP contribution in [0.5, 0.6) is 0 Å². The van der Waals surface area contributed by atoms with Crippen molar-refractivity contribution in [1.82, 2.24) is 9.97 Å². The maximum atomic E-state index is 11.7. The standard InChI is InChI=1S/C6H6F2IN3/c7-5(8)2-11-6-4(9)1-10-3-12-6/h1,3,5H,2H2,(H,10,11,12). The van der Waals surface area contributed by atoms with Gasteiger partial charge in [0.05, 0.1) is 10.1 Å². The minimum absolute atomic E-state index is 0.382. The second kappa shape index (κ2) is 4.48. The molecule has 0 amide bonds.